The summed E-state index contributed by atoms with van der Waals surface area (Å²) in [6, 6.07) is 0. The summed E-state index contributed by atoms with van der Waals surface area (Å²) in [6.07, 6.45) is 4.25. The Kier molecular flexibility index (Phi) is 8.21. The number of hydrogen-bond acceptors (Lipinski definition) is 4. The van der Waals surface area contributed by atoms with Gasteiger partial charge in [-0.3, -0.25) is 4.79 Å². The van der Waals surface area contributed by atoms with Gasteiger partial charge in [0, 0.05) is 6.92 Å². The minimum absolute atomic E-state index is 0.00210. The largest absolute Gasteiger partial charge is 0.462 e. The molecule has 0 rings (SSSR count). The van der Waals surface area contributed by atoms with Crippen LogP contribution in [0.5, 0.6) is 0 Å². The highest BCUT2D eigenvalue weighted by atomic mass is 16.5. The molecule has 0 aliphatic heterocycles. The van der Waals surface area contributed by atoms with E-state index in [-0.39, 0.29) is 6.61 Å². The van der Waals surface area contributed by atoms with Crippen LogP contribution in [0.2, 0.25) is 0 Å². The van der Waals surface area contributed by atoms with Gasteiger partial charge in [-0.2, -0.15) is 0 Å². The zero-order valence-electron chi connectivity index (χ0n) is 10.2. The molecule has 0 saturated carbocycles. The predicted molar refractivity (Wildman–Crippen MR) is 60.9 cm³/mol. The van der Waals surface area contributed by atoms with Crippen molar-refractivity contribution in [3.63, 3.8) is 0 Å². The number of esters is 2. The van der Waals surface area contributed by atoms with Gasteiger partial charge < -0.3 is 9.47 Å². The number of allylic oxidation sites excluding steroid dienone is 1. The Labute approximate surface area is 96.6 Å². The van der Waals surface area contributed by atoms with Crippen LogP contribution in [0, 0.1) is 0 Å². The summed E-state index contributed by atoms with van der Waals surface area (Å²) >= 11 is 0. The normalized spacial score (nSPS) is 11.1. The molecule has 0 unspecified atom stereocenters. The molecule has 16 heavy (non-hydrogen) atoms. The first-order chi connectivity index (χ1) is 7.61. The first-order valence-electron chi connectivity index (χ1n) is 5.61. The molecule has 0 aromatic heterocycles. The van der Waals surface area contributed by atoms with Crippen molar-refractivity contribution in [2.24, 2.45) is 0 Å². The molecule has 0 aromatic rings. The van der Waals surface area contributed by atoms with E-state index in [9.17, 15) is 9.59 Å². The van der Waals surface area contributed by atoms with Crippen LogP contribution in [-0.4, -0.2) is 25.2 Å². The molecule has 0 heterocycles. The lowest BCUT2D eigenvalue weighted by atomic mass is 10.2. The molecule has 4 nitrogen and oxygen atoms in total. The maximum atomic E-state index is 11.5. The second-order valence-corrected chi connectivity index (χ2v) is 3.43. The van der Waals surface area contributed by atoms with Gasteiger partial charge in [-0.15, -0.1) is 0 Å². The van der Waals surface area contributed by atoms with Gasteiger partial charge in [0.25, 0.3) is 0 Å². The number of hydrogen-bond donors (Lipinski definition) is 0. The van der Waals surface area contributed by atoms with Crippen molar-refractivity contribution in [2.45, 2.75) is 40.0 Å². The van der Waals surface area contributed by atoms with Crippen LogP contribution in [0.15, 0.2) is 11.6 Å². The van der Waals surface area contributed by atoms with Crippen LogP contribution >= 0.6 is 0 Å². The molecule has 0 aliphatic carbocycles. The molecule has 0 amide bonds. The molecule has 0 spiro atoms. The lowest BCUT2D eigenvalue weighted by Gasteiger charge is -2.07. The van der Waals surface area contributed by atoms with Gasteiger partial charge in [0.1, 0.15) is 6.61 Å². The fraction of sp³-hybridized carbons (Fsp3) is 0.667. The molecule has 0 radical (unpaired) electrons. The molecule has 0 aliphatic rings. The number of carbonyl (C=O) groups is 2. The summed E-state index contributed by atoms with van der Waals surface area (Å²) in [4.78, 5) is 22.2. The van der Waals surface area contributed by atoms with E-state index in [1.165, 1.54) is 6.92 Å². The highest BCUT2D eigenvalue weighted by molar-refractivity contribution is 5.89. The van der Waals surface area contributed by atoms with Crippen molar-refractivity contribution in [3.05, 3.63) is 11.6 Å². The molecule has 0 fully saturated rings. The van der Waals surface area contributed by atoms with E-state index in [1.54, 1.807) is 6.08 Å². The van der Waals surface area contributed by atoms with Crippen molar-refractivity contribution < 1.29 is 19.1 Å². The van der Waals surface area contributed by atoms with Gasteiger partial charge in [0.15, 0.2) is 0 Å². The molecular formula is C12H20O4. The van der Waals surface area contributed by atoms with Crippen molar-refractivity contribution in [2.75, 3.05) is 13.2 Å². The van der Waals surface area contributed by atoms with Crippen LogP contribution in [-0.2, 0) is 19.1 Å². The van der Waals surface area contributed by atoms with Gasteiger partial charge in [0.05, 0.1) is 12.2 Å². The van der Waals surface area contributed by atoms with Crippen LogP contribution in [0.3, 0.4) is 0 Å². The molecule has 4 heteroatoms. The summed E-state index contributed by atoms with van der Waals surface area (Å²) in [5.74, 6) is -0.790. The summed E-state index contributed by atoms with van der Waals surface area (Å²) < 4.78 is 9.78. The highest BCUT2D eigenvalue weighted by Gasteiger charge is 2.11. The molecular weight excluding hydrogens is 208 g/mol. The van der Waals surface area contributed by atoms with Crippen molar-refractivity contribution in [3.8, 4) is 0 Å². The topological polar surface area (TPSA) is 52.6 Å². The third-order valence-corrected chi connectivity index (χ3v) is 1.81. The Bertz CT molecular complexity index is 256. The van der Waals surface area contributed by atoms with Gasteiger partial charge in [0.2, 0.25) is 0 Å². The molecule has 0 bridgehead atoms. The van der Waals surface area contributed by atoms with E-state index in [0.29, 0.717) is 12.2 Å². The van der Waals surface area contributed by atoms with E-state index in [2.05, 4.69) is 0 Å². The minimum atomic E-state index is -0.398. The fourth-order valence-electron chi connectivity index (χ4n) is 0.987. The van der Waals surface area contributed by atoms with Crippen LogP contribution < -0.4 is 0 Å². The van der Waals surface area contributed by atoms with Gasteiger partial charge in [-0.1, -0.05) is 26.3 Å². The minimum Gasteiger partial charge on any atom is -0.462 e. The maximum absolute atomic E-state index is 11.5. The third-order valence-electron chi connectivity index (χ3n) is 1.81. The van der Waals surface area contributed by atoms with E-state index in [4.69, 9.17) is 9.47 Å². The Balaban J connectivity index is 4.29. The maximum Gasteiger partial charge on any atom is 0.337 e. The van der Waals surface area contributed by atoms with Crippen molar-refractivity contribution in [1.29, 1.82) is 0 Å². The fourth-order valence-corrected chi connectivity index (χ4v) is 0.987. The molecule has 0 atom stereocenters. The summed E-state index contributed by atoms with van der Waals surface area (Å²) in [7, 11) is 0. The van der Waals surface area contributed by atoms with Crippen LogP contribution in [0.4, 0.5) is 0 Å². The second-order valence-electron chi connectivity index (χ2n) is 3.43. The average molecular weight is 228 g/mol. The Morgan fingerprint density at radius 3 is 2.31 bits per heavy atom. The number of ether oxygens (including phenoxy) is 2. The van der Waals surface area contributed by atoms with E-state index in [1.807, 2.05) is 13.8 Å². The zero-order valence-corrected chi connectivity index (χ0v) is 10.2. The first-order valence-corrected chi connectivity index (χ1v) is 5.61. The van der Waals surface area contributed by atoms with E-state index >= 15 is 0 Å². The standard InChI is InChI=1S/C12H20O4/c1-4-6-7-11(9-16-10(3)13)12(14)15-8-5-2/h7H,4-6,8-9H2,1-3H3. The average Bonchev–Trinajstić information content (AvgIpc) is 2.25. The summed E-state index contributed by atoms with van der Waals surface area (Å²) in [5, 5.41) is 0. The lowest BCUT2D eigenvalue weighted by Crippen LogP contribution is -2.15. The number of rotatable bonds is 7. The summed E-state index contributed by atoms with van der Waals surface area (Å²) in [6.45, 7) is 5.64. The van der Waals surface area contributed by atoms with Gasteiger partial charge >= 0.3 is 11.9 Å². The molecule has 92 valence electrons. The monoisotopic (exact) mass is 228 g/mol. The highest BCUT2D eigenvalue weighted by Crippen LogP contribution is 2.04. The number of unbranched alkanes of at least 4 members (excludes halogenated alkanes) is 1. The van der Waals surface area contributed by atoms with Gasteiger partial charge in [-0.25, -0.2) is 4.79 Å². The molecule has 0 saturated heterocycles. The lowest BCUT2D eigenvalue weighted by molar-refractivity contribution is -0.143. The van der Waals surface area contributed by atoms with Crippen molar-refractivity contribution in [1.82, 2.24) is 0 Å². The summed E-state index contributed by atoms with van der Waals surface area (Å²) in [5.41, 5.74) is 0.422. The van der Waals surface area contributed by atoms with E-state index in [0.717, 1.165) is 19.3 Å². The Morgan fingerprint density at radius 2 is 1.81 bits per heavy atom. The quantitative estimate of drug-likeness (QED) is 0.495. The van der Waals surface area contributed by atoms with E-state index < -0.39 is 11.9 Å². The second kappa shape index (κ2) is 8.95. The third kappa shape index (κ3) is 7.04. The molecule has 0 N–H and O–H groups in total. The predicted octanol–water partition coefficient (Wildman–Crippen LogP) is 2.23. The number of carbonyl (C=O) groups excluding carboxylic acids is 2. The molecule has 0 aromatic carbocycles. The van der Waals surface area contributed by atoms with Crippen molar-refractivity contribution >= 4 is 11.9 Å². The van der Waals surface area contributed by atoms with Crippen LogP contribution in [0.25, 0.3) is 0 Å². The van der Waals surface area contributed by atoms with Gasteiger partial charge in [-0.05, 0) is 12.8 Å². The Morgan fingerprint density at radius 1 is 1.12 bits per heavy atom. The van der Waals surface area contributed by atoms with Crippen LogP contribution in [0.1, 0.15) is 40.0 Å². The zero-order chi connectivity index (χ0) is 12.4. The first kappa shape index (κ1) is 14.7. The SMILES string of the molecule is CCCC=C(COC(C)=O)C(=O)OCCC. The Hall–Kier alpha value is -1.32. The smallest absolute Gasteiger partial charge is 0.337 e.